The van der Waals surface area contributed by atoms with Gasteiger partial charge in [0.05, 0.1) is 6.10 Å². The lowest BCUT2D eigenvalue weighted by atomic mass is 10.1. The molecule has 2 rings (SSSR count). The number of hydrogen-bond donors (Lipinski definition) is 2. The van der Waals surface area contributed by atoms with Crippen molar-refractivity contribution < 1.29 is 4.74 Å². The maximum atomic E-state index is 5.83. The molecule has 1 aliphatic heterocycles. The molecular formula is C13H22N4O. The molecule has 5 nitrogen and oxygen atoms in total. The van der Waals surface area contributed by atoms with E-state index in [1.165, 1.54) is 0 Å². The predicted octanol–water partition coefficient (Wildman–Crippen LogP) is 1.36. The fourth-order valence-electron chi connectivity index (χ4n) is 2.06. The summed E-state index contributed by atoms with van der Waals surface area (Å²) in [6.45, 7) is 5.78. The Morgan fingerprint density at radius 2 is 2.28 bits per heavy atom. The number of aryl methyl sites for hydroxylation is 1. The van der Waals surface area contributed by atoms with E-state index in [-0.39, 0.29) is 0 Å². The summed E-state index contributed by atoms with van der Waals surface area (Å²) in [5.74, 6) is 1.69. The summed E-state index contributed by atoms with van der Waals surface area (Å²) in [7, 11) is 0. The van der Waals surface area contributed by atoms with Crippen LogP contribution < -0.4 is 10.6 Å². The number of hydrogen-bond acceptors (Lipinski definition) is 5. The van der Waals surface area contributed by atoms with Gasteiger partial charge in [-0.15, -0.1) is 0 Å². The molecule has 100 valence electrons. The molecule has 0 unspecified atom stereocenters. The van der Waals surface area contributed by atoms with E-state index in [9.17, 15) is 0 Å². The summed E-state index contributed by atoms with van der Waals surface area (Å²) in [5, 5.41) is 6.62. The highest BCUT2D eigenvalue weighted by molar-refractivity contribution is 5.32. The van der Waals surface area contributed by atoms with Crippen molar-refractivity contribution in [2.45, 2.75) is 32.3 Å². The van der Waals surface area contributed by atoms with E-state index < -0.39 is 0 Å². The normalized spacial score (nSPS) is 16.7. The third-order valence-electron chi connectivity index (χ3n) is 3.04. The zero-order chi connectivity index (χ0) is 12.6. The van der Waals surface area contributed by atoms with Crippen molar-refractivity contribution in [1.29, 1.82) is 0 Å². The average Bonchev–Trinajstić information content (AvgIpc) is 2.40. The number of aromatic nitrogens is 2. The molecule has 0 bridgehead atoms. The summed E-state index contributed by atoms with van der Waals surface area (Å²) in [4.78, 5) is 8.35. The molecule has 18 heavy (non-hydrogen) atoms. The SMILES string of the molecule is Cc1nccc(NCCCOC2CCNCC2)n1. The summed E-state index contributed by atoms with van der Waals surface area (Å²) < 4.78 is 5.83. The summed E-state index contributed by atoms with van der Waals surface area (Å²) in [5.41, 5.74) is 0. The average molecular weight is 250 g/mol. The van der Waals surface area contributed by atoms with Gasteiger partial charge >= 0.3 is 0 Å². The molecule has 0 saturated carbocycles. The van der Waals surface area contributed by atoms with E-state index in [2.05, 4.69) is 20.6 Å². The number of nitrogens with one attached hydrogen (secondary N) is 2. The smallest absolute Gasteiger partial charge is 0.129 e. The number of rotatable bonds is 6. The molecule has 1 aliphatic rings. The third-order valence-corrected chi connectivity index (χ3v) is 3.04. The molecule has 1 fully saturated rings. The first-order valence-corrected chi connectivity index (χ1v) is 6.70. The lowest BCUT2D eigenvalue weighted by Gasteiger charge is -2.22. The van der Waals surface area contributed by atoms with Crippen LogP contribution in [0, 0.1) is 6.92 Å². The van der Waals surface area contributed by atoms with E-state index in [1.54, 1.807) is 6.20 Å². The minimum Gasteiger partial charge on any atom is -0.378 e. The van der Waals surface area contributed by atoms with Crippen molar-refractivity contribution in [2.24, 2.45) is 0 Å². The highest BCUT2D eigenvalue weighted by Gasteiger charge is 2.12. The Balaban J connectivity index is 1.55. The van der Waals surface area contributed by atoms with Crippen LogP contribution in [-0.2, 0) is 4.74 Å². The summed E-state index contributed by atoms with van der Waals surface area (Å²) >= 11 is 0. The van der Waals surface area contributed by atoms with Crippen LogP contribution in [0.1, 0.15) is 25.1 Å². The van der Waals surface area contributed by atoms with Gasteiger partial charge in [0.2, 0.25) is 0 Å². The van der Waals surface area contributed by atoms with Crippen molar-refractivity contribution in [2.75, 3.05) is 31.6 Å². The second-order valence-corrected chi connectivity index (χ2v) is 4.59. The molecule has 2 heterocycles. The highest BCUT2D eigenvalue weighted by atomic mass is 16.5. The highest BCUT2D eigenvalue weighted by Crippen LogP contribution is 2.07. The van der Waals surface area contributed by atoms with Crippen LogP contribution in [0.4, 0.5) is 5.82 Å². The van der Waals surface area contributed by atoms with E-state index in [0.29, 0.717) is 6.10 Å². The molecule has 0 amide bonds. The first-order chi connectivity index (χ1) is 8.84. The van der Waals surface area contributed by atoms with Crippen LogP contribution in [-0.4, -0.2) is 42.3 Å². The Morgan fingerprint density at radius 1 is 1.44 bits per heavy atom. The molecule has 1 aromatic heterocycles. The monoisotopic (exact) mass is 250 g/mol. The third kappa shape index (κ3) is 4.58. The van der Waals surface area contributed by atoms with Gasteiger partial charge in [0.1, 0.15) is 11.6 Å². The van der Waals surface area contributed by atoms with Crippen LogP contribution in [0.3, 0.4) is 0 Å². The van der Waals surface area contributed by atoms with Crippen molar-refractivity contribution in [1.82, 2.24) is 15.3 Å². The molecule has 1 aromatic rings. The number of anilines is 1. The Morgan fingerprint density at radius 3 is 3.06 bits per heavy atom. The van der Waals surface area contributed by atoms with Crippen LogP contribution in [0.2, 0.25) is 0 Å². The van der Waals surface area contributed by atoms with Gasteiger partial charge in [0.25, 0.3) is 0 Å². The zero-order valence-corrected chi connectivity index (χ0v) is 11.0. The second-order valence-electron chi connectivity index (χ2n) is 4.59. The van der Waals surface area contributed by atoms with Crippen LogP contribution in [0.25, 0.3) is 0 Å². The van der Waals surface area contributed by atoms with Crippen molar-refractivity contribution in [3.8, 4) is 0 Å². The van der Waals surface area contributed by atoms with Gasteiger partial charge in [-0.2, -0.15) is 0 Å². The van der Waals surface area contributed by atoms with Crippen LogP contribution >= 0.6 is 0 Å². The maximum Gasteiger partial charge on any atom is 0.129 e. The van der Waals surface area contributed by atoms with Crippen molar-refractivity contribution in [3.63, 3.8) is 0 Å². The molecule has 0 atom stereocenters. The first-order valence-electron chi connectivity index (χ1n) is 6.70. The number of piperidine rings is 1. The summed E-state index contributed by atoms with van der Waals surface area (Å²) in [6.07, 6.45) is 5.51. The van der Waals surface area contributed by atoms with Gasteiger partial charge in [-0.3, -0.25) is 0 Å². The number of ether oxygens (including phenoxy) is 1. The van der Waals surface area contributed by atoms with Gasteiger partial charge in [-0.05, 0) is 45.3 Å². The molecular weight excluding hydrogens is 228 g/mol. The first kappa shape index (κ1) is 13.2. The molecule has 0 spiro atoms. The molecule has 0 radical (unpaired) electrons. The fraction of sp³-hybridized carbons (Fsp3) is 0.692. The van der Waals surface area contributed by atoms with Gasteiger partial charge < -0.3 is 15.4 Å². The molecule has 0 aliphatic carbocycles. The largest absolute Gasteiger partial charge is 0.378 e. The second kappa shape index (κ2) is 7.28. The minimum atomic E-state index is 0.451. The molecule has 1 saturated heterocycles. The Labute approximate surface area is 108 Å². The van der Waals surface area contributed by atoms with Gasteiger partial charge in [-0.1, -0.05) is 0 Å². The van der Waals surface area contributed by atoms with Gasteiger partial charge in [-0.25, -0.2) is 9.97 Å². The number of nitrogens with zero attached hydrogens (tertiary/aromatic N) is 2. The zero-order valence-electron chi connectivity index (χ0n) is 11.0. The van der Waals surface area contributed by atoms with Gasteiger partial charge in [0.15, 0.2) is 0 Å². The van der Waals surface area contributed by atoms with Crippen LogP contribution in [0.15, 0.2) is 12.3 Å². The molecule has 5 heteroatoms. The summed E-state index contributed by atoms with van der Waals surface area (Å²) in [6, 6.07) is 1.89. The Kier molecular flexibility index (Phi) is 5.36. The van der Waals surface area contributed by atoms with Gasteiger partial charge in [0, 0.05) is 19.3 Å². The van der Waals surface area contributed by atoms with E-state index in [1.807, 2.05) is 13.0 Å². The molecule has 0 aromatic carbocycles. The van der Waals surface area contributed by atoms with Crippen LogP contribution in [0.5, 0.6) is 0 Å². The maximum absolute atomic E-state index is 5.83. The van der Waals surface area contributed by atoms with Crippen molar-refractivity contribution >= 4 is 5.82 Å². The topological polar surface area (TPSA) is 59.1 Å². The van der Waals surface area contributed by atoms with E-state index in [4.69, 9.17) is 4.74 Å². The Bertz CT molecular complexity index is 353. The van der Waals surface area contributed by atoms with Crippen molar-refractivity contribution in [3.05, 3.63) is 18.1 Å². The Hall–Kier alpha value is -1.20. The standard InChI is InChI=1S/C13H22N4O/c1-11-15-9-5-13(17-11)16-6-2-10-18-12-3-7-14-8-4-12/h5,9,12,14H,2-4,6-8,10H2,1H3,(H,15,16,17). The quantitative estimate of drug-likeness (QED) is 0.746. The fourth-order valence-corrected chi connectivity index (χ4v) is 2.06. The predicted molar refractivity (Wildman–Crippen MR) is 71.7 cm³/mol. The van der Waals surface area contributed by atoms with E-state index in [0.717, 1.165) is 57.1 Å². The lowest BCUT2D eigenvalue weighted by Crippen LogP contribution is -2.32. The molecule has 2 N–H and O–H groups in total. The lowest BCUT2D eigenvalue weighted by molar-refractivity contribution is 0.0329. The minimum absolute atomic E-state index is 0.451. The van der Waals surface area contributed by atoms with E-state index >= 15 is 0 Å².